The summed E-state index contributed by atoms with van der Waals surface area (Å²) >= 11 is 0. The Hall–Kier alpha value is -1.66. The van der Waals surface area contributed by atoms with E-state index >= 15 is 0 Å². The standard InChI is InChI=1S/C15H18FNO3S/c1-2-21(18,19)17-10-9-14(15-4-3-11-20-15)12-5-7-13(16)8-6-12/h3-8,11,14,17H,2,9-10H2,1H3/t14-/m1/s1. The number of furan rings is 1. The van der Waals surface area contributed by atoms with E-state index < -0.39 is 10.0 Å². The highest BCUT2D eigenvalue weighted by Crippen LogP contribution is 2.28. The van der Waals surface area contributed by atoms with E-state index in [0.29, 0.717) is 13.0 Å². The second-order valence-corrected chi connectivity index (χ2v) is 6.80. The fraction of sp³-hybridized carbons (Fsp3) is 0.333. The summed E-state index contributed by atoms with van der Waals surface area (Å²) in [6.07, 6.45) is 2.11. The number of rotatable bonds is 7. The Balaban J connectivity index is 2.12. The highest BCUT2D eigenvalue weighted by molar-refractivity contribution is 7.89. The maximum absolute atomic E-state index is 13.0. The number of benzene rings is 1. The first-order valence-corrected chi connectivity index (χ1v) is 8.43. The van der Waals surface area contributed by atoms with Gasteiger partial charge in [-0.05, 0) is 43.2 Å². The molecule has 0 bridgehead atoms. The molecule has 0 spiro atoms. The van der Waals surface area contributed by atoms with Crippen molar-refractivity contribution in [2.75, 3.05) is 12.3 Å². The van der Waals surface area contributed by atoms with E-state index in [9.17, 15) is 12.8 Å². The van der Waals surface area contributed by atoms with Crippen molar-refractivity contribution in [1.82, 2.24) is 4.72 Å². The molecule has 1 aromatic heterocycles. The molecule has 21 heavy (non-hydrogen) atoms. The number of halogens is 1. The zero-order chi connectivity index (χ0) is 15.3. The minimum atomic E-state index is -3.21. The third kappa shape index (κ3) is 4.41. The molecule has 0 aliphatic heterocycles. The summed E-state index contributed by atoms with van der Waals surface area (Å²) in [6, 6.07) is 9.78. The molecule has 0 saturated carbocycles. The van der Waals surface area contributed by atoms with Crippen LogP contribution >= 0.6 is 0 Å². The largest absolute Gasteiger partial charge is 0.469 e. The van der Waals surface area contributed by atoms with Gasteiger partial charge in [0.1, 0.15) is 11.6 Å². The van der Waals surface area contributed by atoms with Gasteiger partial charge in [0.25, 0.3) is 0 Å². The molecule has 0 aliphatic carbocycles. The highest BCUT2D eigenvalue weighted by atomic mass is 32.2. The molecule has 0 amide bonds. The van der Waals surface area contributed by atoms with Crippen molar-refractivity contribution in [2.24, 2.45) is 0 Å². The first-order valence-electron chi connectivity index (χ1n) is 6.78. The van der Waals surface area contributed by atoms with Gasteiger partial charge in [0.2, 0.25) is 10.0 Å². The van der Waals surface area contributed by atoms with Crippen LogP contribution in [-0.2, 0) is 10.0 Å². The molecular formula is C15H18FNO3S. The molecule has 0 radical (unpaired) electrons. The number of hydrogen-bond donors (Lipinski definition) is 1. The molecular weight excluding hydrogens is 293 g/mol. The molecule has 4 nitrogen and oxygen atoms in total. The molecule has 1 N–H and O–H groups in total. The lowest BCUT2D eigenvalue weighted by Crippen LogP contribution is -2.27. The Bertz CT molecular complexity index is 651. The topological polar surface area (TPSA) is 59.3 Å². The summed E-state index contributed by atoms with van der Waals surface area (Å²) in [5.41, 5.74) is 0.891. The molecule has 2 aromatic rings. The van der Waals surface area contributed by atoms with Gasteiger partial charge in [0, 0.05) is 12.5 Å². The van der Waals surface area contributed by atoms with Crippen LogP contribution in [0.25, 0.3) is 0 Å². The van der Waals surface area contributed by atoms with Crippen LogP contribution in [0.5, 0.6) is 0 Å². The Morgan fingerprint density at radius 1 is 1.24 bits per heavy atom. The van der Waals surface area contributed by atoms with Crippen LogP contribution < -0.4 is 4.72 Å². The van der Waals surface area contributed by atoms with Crippen LogP contribution in [-0.4, -0.2) is 20.7 Å². The predicted octanol–water partition coefficient (Wildman–Crippen LogP) is 2.88. The first kappa shape index (κ1) is 15.7. The van der Waals surface area contributed by atoms with Crippen molar-refractivity contribution in [2.45, 2.75) is 19.3 Å². The monoisotopic (exact) mass is 311 g/mol. The number of nitrogens with one attached hydrogen (secondary N) is 1. The quantitative estimate of drug-likeness (QED) is 0.855. The molecule has 1 atom stereocenters. The summed E-state index contributed by atoms with van der Waals surface area (Å²) in [6.45, 7) is 1.89. The van der Waals surface area contributed by atoms with E-state index in [2.05, 4.69) is 4.72 Å². The molecule has 114 valence electrons. The van der Waals surface area contributed by atoms with Crippen molar-refractivity contribution >= 4 is 10.0 Å². The van der Waals surface area contributed by atoms with Crippen LogP contribution in [0.2, 0.25) is 0 Å². The van der Waals surface area contributed by atoms with Crippen molar-refractivity contribution in [3.63, 3.8) is 0 Å². The SMILES string of the molecule is CCS(=O)(=O)NCC[C@H](c1ccc(F)cc1)c1ccco1. The average molecular weight is 311 g/mol. The third-order valence-corrected chi connectivity index (χ3v) is 4.70. The van der Waals surface area contributed by atoms with E-state index in [-0.39, 0.29) is 17.5 Å². The number of sulfonamides is 1. The Morgan fingerprint density at radius 2 is 1.95 bits per heavy atom. The molecule has 1 heterocycles. The van der Waals surface area contributed by atoms with Crippen LogP contribution in [0.15, 0.2) is 47.1 Å². The van der Waals surface area contributed by atoms with Gasteiger partial charge in [-0.1, -0.05) is 12.1 Å². The maximum Gasteiger partial charge on any atom is 0.211 e. The van der Waals surface area contributed by atoms with Gasteiger partial charge < -0.3 is 4.42 Å². The van der Waals surface area contributed by atoms with Crippen LogP contribution in [0.1, 0.15) is 30.6 Å². The molecule has 0 fully saturated rings. The fourth-order valence-corrected chi connectivity index (χ4v) is 2.75. The van der Waals surface area contributed by atoms with E-state index in [0.717, 1.165) is 11.3 Å². The summed E-state index contributed by atoms with van der Waals surface area (Å²) in [5, 5.41) is 0. The zero-order valence-electron chi connectivity index (χ0n) is 11.8. The van der Waals surface area contributed by atoms with E-state index in [1.54, 1.807) is 31.4 Å². The maximum atomic E-state index is 13.0. The van der Waals surface area contributed by atoms with Gasteiger partial charge in [-0.25, -0.2) is 17.5 Å². The molecule has 6 heteroatoms. The van der Waals surface area contributed by atoms with Crippen molar-refractivity contribution in [1.29, 1.82) is 0 Å². The molecule has 0 unspecified atom stereocenters. The molecule has 2 rings (SSSR count). The van der Waals surface area contributed by atoms with E-state index in [1.807, 2.05) is 6.07 Å². The predicted molar refractivity (Wildman–Crippen MR) is 79.0 cm³/mol. The molecule has 0 saturated heterocycles. The summed E-state index contributed by atoms with van der Waals surface area (Å²) in [5.74, 6) is 0.371. The van der Waals surface area contributed by atoms with Crippen LogP contribution in [0, 0.1) is 5.82 Å². The minimum absolute atomic E-state index is 0.0506. The second kappa shape index (κ2) is 6.87. The first-order chi connectivity index (χ1) is 10.0. The van der Waals surface area contributed by atoms with Gasteiger partial charge in [0.05, 0.1) is 12.0 Å². The Kier molecular flexibility index (Phi) is 5.14. The van der Waals surface area contributed by atoms with Gasteiger partial charge in [0.15, 0.2) is 0 Å². The number of hydrogen-bond acceptors (Lipinski definition) is 3. The van der Waals surface area contributed by atoms with Crippen molar-refractivity contribution in [3.05, 3.63) is 59.8 Å². The van der Waals surface area contributed by atoms with Gasteiger partial charge in [-0.3, -0.25) is 0 Å². The Morgan fingerprint density at radius 3 is 2.52 bits per heavy atom. The van der Waals surface area contributed by atoms with Crippen LogP contribution in [0.3, 0.4) is 0 Å². The van der Waals surface area contributed by atoms with Gasteiger partial charge in [-0.2, -0.15) is 0 Å². The lowest BCUT2D eigenvalue weighted by Gasteiger charge is -2.15. The second-order valence-electron chi connectivity index (χ2n) is 4.71. The zero-order valence-corrected chi connectivity index (χ0v) is 12.6. The van der Waals surface area contributed by atoms with Gasteiger partial charge in [-0.15, -0.1) is 0 Å². The van der Waals surface area contributed by atoms with E-state index in [4.69, 9.17) is 4.42 Å². The highest BCUT2D eigenvalue weighted by Gasteiger charge is 2.18. The summed E-state index contributed by atoms with van der Waals surface area (Å²) < 4.78 is 43.9. The average Bonchev–Trinajstić information content (AvgIpc) is 2.99. The fourth-order valence-electron chi connectivity index (χ4n) is 2.12. The smallest absolute Gasteiger partial charge is 0.211 e. The summed E-state index contributed by atoms with van der Waals surface area (Å²) in [4.78, 5) is 0. The summed E-state index contributed by atoms with van der Waals surface area (Å²) in [7, 11) is -3.21. The lowest BCUT2D eigenvalue weighted by atomic mass is 9.93. The van der Waals surface area contributed by atoms with Crippen LogP contribution in [0.4, 0.5) is 4.39 Å². The van der Waals surface area contributed by atoms with E-state index in [1.165, 1.54) is 12.1 Å². The Labute approximate surface area is 124 Å². The van der Waals surface area contributed by atoms with Crippen molar-refractivity contribution in [3.8, 4) is 0 Å². The van der Waals surface area contributed by atoms with Crippen molar-refractivity contribution < 1.29 is 17.2 Å². The lowest BCUT2D eigenvalue weighted by molar-refractivity contribution is 0.472. The normalized spacial score (nSPS) is 13.2. The van der Waals surface area contributed by atoms with Gasteiger partial charge >= 0.3 is 0 Å². The third-order valence-electron chi connectivity index (χ3n) is 3.29. The molecule has 1 aromatic carbocycles. The molecule has 0 aliphatic rings. The minimum Gasteiger partial charge on any atom is -0.469 e.